The molecule has 0 saturated heterocycles. The number of rotatable bonds is 14. The lowest BCUT2D eigenvalue weighted by atomic mass is 10.1. The molecule has 0 atom stereocenters. The van der Waals surface area contributed by atoms with Gasteiger partial charge < -0.3 is 25.0 Å². The second kappa shape index (κ2) is 15.1. The number of aromatic carboxylic acids is 2. The highest BCUT2D eigenvalue weighted by Crippen LogP contribution is 2.30. The van der Waals surface area contributed by atoms with Gasteiger partial charge in [0.25, 0.3) is 17.3 Å². The zero-order valence-corrected chi connectivity index (χ0v) is 25.5. The lowest BCUT2D eigenvalue weighted by Crippen LogP contribution is -2.16. The van der Waals surface area contributed by atoms with Gasteiger partial charge in [-0.1, -0.05) is 6.07 Å². The molecule has 0 radical (unpaired) electrons. The predicted octanol–water partition coefficient (Wildman–Crippen LogP) is 7.28. The Morgan fingerprint density at radius 1 is 0.600 bits per heavy atom. The number of nitrogens with one attached hydrogen (secondary N) is 2. The first kappa shape index (κ1) is 34.0. The summed E-state index contributed by atoms with van der Waals surface area (Å²) in [5, 5.41) is 43.4. The fourth-order valence-corrected chi connectivity index (χ4v) is 4.51. The van der Waals surface area contributed by atoms with Crippen molar-refractivity contribution in [2.45, 2.75) is 6.61 Å². The highest BCUT2D eigenvalue weighted by molar-refractivity contribution is 6.11. The maximum atomic E-state index is 12.8. The minimum atomic E-state index is -1.41. The van der Waals surface area contributed by atoms with Crippen LogP contribution in [-0.2, 0) is 11.4 Å². The summed E-state index contributed by atoms with van der Waals surface area (Å²) in [4.78, 5) is 62.0. The van der Waals surface area contributed by atoms with Gasteiger partial charge in [-0.15, -0.1) is 0 Å². The van der Waals surface area contributed by atoms with Crippen molar-refractivity contribution in [3.05, 3.63) is 152 Å². The van der Waals surface area contributed by atoms with Gasteiger partial charge in [0.2, 0.25) is 0 Å². The fraction of sp³-hybridized carbons (Fsp3) is 0.0294. The number of hydrogen-bond acceptors (Lipinski definition) is 11. The summed E-state index contributed by atoms with van der Waals surface area (Å²) in [5.74, 6) is -1.75. The van der Waals surface area contributed by atoms with E-state index in [1.54, 1.807) is 60.7 Å². The lowest BCUT2D eigenvalue weighted by molar-refractivity contribution is -0.385. The van der Waals surface area contributed by atoms with Crippen LogP contribution in [0.5, 0.6) is 23.0 Å². The molecule has 1 amide bonds. The van der Waals surface area contributed by atoms with Crippen LogP contribution in [0, 0.1) is 20.2 Å². The summed E-state index contributed by atoms with van der Waals surface area (Å²) < 4.78 is 11.8. The molecule has 5 aromatic carbocycles. The number of ether oxygens (including phenoxy) is 2. The molecule has 0 fully saturated rings. The normalized spacial score (nSPS) is 10.5. The molecule has 5 aromatic rings. The average Bonchev–Trinajstić information content (AvgIpc) is 3.09. The number of amides is 1. The van der Waals surface area contributed by atoms with E-state index in [0.29, 0.717) is 34.4 Å². The largest absolute Gasteiger partial charge is 0.478 e. The van der Waals surface area contributed by atoms with Crippen molar-refractivity contribution in [1.29, 1.82) is 0 Å². The quantitative estimate of drug-likeness (QED) is 0.0668. The summed E-state index contributed by atoms with van der Waals surface area (Å²) in [7, 11) is 0. The van der Waals surface area contributed by atoms with Crippen LogP contribution in [0.1, 0.15) is 36.6 Å². The molecule has 252 valence electrons. The molecule has 0 spiro atoms. The number of nitrogens with zero attached hydrogens (tertiary/aromatic N) is 2. The molecule has 0 unspecified atom stereocenters. The molecule has 16 heteroatoms. The molecule has 0 aliphatic heterocycles. The van der Waals surface area contributed by atoms with Crippen LogP contribution in [0.3, 0.4) is 0 Å². The van der Waals surface area contributed by atoms with Crippen LogP contribution < -0.4 is 20.3 Å². The van der Waals surface area contributed by atoms with Crippen LogP contribution >= 0.6 is 0 Å². The van der Waals surface area contributed by atoms with E-state index < -0.39 is 33.4 Å². The molecule has 0 saturated carbocycles. The number of nitro groups is 2. The van der Waals surface area contributed by atoms with Gasteiger partial charge in [-0.3, -0.25) is 35.3 Å². The van der Waals surface area contributed by atoms with Crippen molar-refractivity contribution in [2.75, 3.05) is 10.8 Å². The van der Waals surface area contributed by atoms with Crippen molar-refractivity contribution in [3.63, 3.8) is 0 Å². The van der Waals surface area contributed by atoms with Crippen molar-refractivity contribution >= 4 is 40.6 Å². The first-order chi connectivity index (χ1) is 24.0. The molecule has 0 heterocycles. The van der Waals surface area contributed by atoms with Crippen LogP contribution in [0.2, 0.25) is 0 Å². The predicted molar refractivity (Wildman–Crippen MR) is 176 cm³/mol. The standard InChI is InChI=1S/C34H24N4O12/c39-32(31-17-24(38(46)47)9-15-30(31)34(42)43)35-21-4-10-25(11-5-21)49-27-2-1-3-28(18-27)50-26-12-6-22(7-13-26)36-48-19-20-16-23(37(44)45)8-14-29(20)33(40)41/h1-18,36H,19H2,(H,35,39)(H,40,41)(H,42,43). The molecule has 0 aliphatic carbocycles. The summed E-state index contributed by atoms with van der Waals surface area (Å²) in [5.41, 5.74) is 2.03. The molecule has 50 heavy (non-hydrogen) atoms. The van der Waals surface area contributed by atoms with Gasteiger partial charge in [-0.25, -0.2) is 9.59 Å². The SMILES string of the molecule is O=C(O)c1ccc([N+](=O)[O-])cc1CONc1ccc(Oc2cccc(Oc3ccc(NC(=O)c4cc([N+](=O)[O-])ccc4C(=O)O)cc3)c2)cc1. The van der Waals surface area contributed by atoms with Gasteiger partial charge in [-0.2, -0.15) is 0 Å². The van der Waals surface area contributed by atoms with Gasteiger partial charge in [0.05, 0.1) is 32.2 Å². The third-order valence-electron chi connectivity index (χ3n) is 6.88. The maximum Gasteiger partial charge on any atom is 0.336 e. The highest BCUT2D eigenvalue weighted by Gasteiger charge is 2.21. The summed E-state index contributed by atoms with van der Waals surface area (Å²) in [6, 6.07) is 25.8. The number of anilines is 2. The van der Waals surface area contributed by atoms with Crippen LogP contribution in [0.4, 0.5) is 22.7 Å². The smallest absolute Gasteiger partial charge is 0.336 e. The Balaban J connectivity index is 1.16. The first-order valence-corrected chi connectivity index (χ1v) is 14.3. The monoisotopic (exact) mass is 680 g/mol. The van der Waals surface area contributed by atoms with E-state index in [0.717, 1.165) is 36.4 Å². The van der Waals surface area contributed by atoms with E-state index in [1.165, 1.54) is 12.1 Å². The Labute approximate surface area is 281 Å². The van der Waals surface area contributed by atoms with Gasteiger partial charge in [0.1, 0.15) is 29.6 Å². The Kier molecular flexibility index (Phi) is 10.2. The second-order valence-electron chi connectivity index (χ2n) is 10.3. The Hall–Kier alpha value is -7.33. The first-order valence-electron chi connectivity index (χ1n) is 14.3. The van der Waals surface area contributed by atoms with Gasteiger partial charge in [0.15, 0.2) is 0 Å². The van der Waals surface area contributed by atoms with Crippen molar-refractivity contribution < 1.29 is 48.8 Å². The van der Waals surface area contributed by atoms with Gasteiger partial charge in [-0.05, 0) is 72.8 Å². The molecule has 16 nitrogen and oxygen atoms in total. The summed E-state index contributed by atoms with van der Waals surface area (Å²) in [6.45, 7) is -0.250. The fourth-order valence-electron chi connectivity index (χ4n) is 4.51. The topological polar surface area (TPSA) is 230 Å². The van der Waals surface area contributed by atoms with Crippen molar-refractivity contribution in [3.8, 4) is 23.0 Å². The number of nitro benzene ring substituents is 2. The molecule has 5 rings (SSSR count). The van der Waals surface area contributed by atoms with Crippen LogP contribution in [-0.4, -0.2) is 37.9 Å². The number of carboxylic acids is 2. The highest BCUT2D eigenvalue weighted by atomic mass is 16.6. The van der Waals surface area contributed by atoms with E-state index in [2.05, 4.69) is 10.8 Å². The van der Waals surface area contributed by atoms with Crippen LogP contribution in [0.25, 0.3) is 0 Å². The number of carbonyl (C=O) groups is 3. The number of benzene rings is 5. The molecule has 0 aliphatic rings. The maximum absolute atomic E-state index is 12.8. The average molecular weight is 681 g/mol. The van der Waals surface area contributed by atoms with E-state index in [1.807, 2.05) is 0 Å². The van der Waals surface area contributed by atoms with E-state index in [9.17, 15) is 44.8 Å². The number of carboxylic acid groups (broad SMARTS) is 2. The second-order valence-corrected chi connectivity index (χ2v) is 10.3. The third-order valence-corrected chi connectivity index (χ3v) is 6.88. The Morgan fingerprint density at radius 2 is 1.12 bits per heavy atom. The van der Waals surface area contributed by atoms with E-state index in [-0.39, 0.29) is 34.5 Å². The zero-order chi connectivity index (χ0) is 35.8. The molecular formula is C34H24N4O12. The lowest BCUT2D eigenvalue weighted by Gasteiger charge is -2.12. The summed E-state index contributed by atoms with van der Waals surface area (Å²) >= 11 is 0. The van der Waals surface area contributed by atoms with Crippen molar-refractivity contribution in [2.24, 2.45) is 0 Å². The van der Waals surface area contributed by atoms with E-state index in [4.69, 9.17) is 14.3 Å². The van der Waals surface area contributed by atoms with Gasteiger partial charge >= 0.3 is 11.9 Å². The molecular weight excluding hydrogens is 656 g/mol. The Bertz CT molecular complexity index is 2100. The molecule has 0 aromatic heterocycles. The molecule has 4 N–H and O–H groups in total. The zero-order valence-electron chi connectivity index (χ0n) is 25.5. The molecule has 0 bridgehead atoms. The third kappa shape index (κ3) is 8.52. The summed E-state index contributed by atoms with van der Waals surface area (Å²) in [6.07, 6.45) is 0. The minimum Gasteiger partial charge on any atom is -0.478 e. The number of hydrogen-bond donors (Lipinski definition) is 4. The number of carbonyl (C=O) groups excluding carboxylic acids is 1. The van der Waals surface area contributed by atoms with Crippen molar-refractivity contribution in [1.82, 2.24) is 0 Å². The minimum absolute atomic E-state index is 0.119. The van der Waals surface area contributed by atoms with Gasteiger partial charge in [0, 0.05) is 41.6 Å². The van der Waals surface area contributed by atoms with Crippen LogP contribution in [0.15, 0.2) is 109 Å². The Morgan fingerprint density at radius 3 is 1.66 bits per heavy atom. The number of non-ortho nitro benzene ring substituents is 2. The van der Waals surface area contributed by atoms with E-state index >= 15 is 0 Å².